The maximum Gasteiger partial charge on any atom is 0.229 e. The van der Waals surface area contributed by atoms with Gasteiger partial charge < -0.3 is 20.3 Å². The first-order valence-corrected chi connectivity index (χ1v) is 13.0. The zero-order valence-electron chi connectivity index (χ0n) is 21.6. The third-order valence-electron chi connectivity index (χ3n) is 6.60. The van der Waals surface area contributed by atoms with Gasteiger partial charge in [0.15, 0.2) is 5.82 Å². The van der Waals surface area contributed by atoms with Crippen LogP contribution in [0, 0.1) is 6.92 Å². The Kier molecular flexibility index (Phi) is 7.42. The van der Waals surface area contributed by atoms with Crippen LogP contribution in [0.1, 0.15) is 30.9 Å². The summed E-state index contributed by atoms with van der Waals surface area (Å²) in [6.45, 7) is 4.62. The van der Waals surface area contributed by atoms with Gasteiger partial charge >= 0.3 is 0 Å². The van der Waals surface area contributed by atoms with Gasteiger partial charge in [0.25, 0.3) is 0 Å². The lowest BCUT2D eigenvalue weighted by atomic mass is 10.0. The summed E-state index contributed by atoms with van der Waals surface area (Å²) >= 11 is 6.50. The van der Waals surface area contributed by atoms with Crippen molar-refractivity contribution in [3.63, 3.8) is 0 Å². The van der Waals surface area contributed by atoms with Crippen LogP contribution in [0.2, 0.25) is 5.02 Å². The van der Waals surface area contributed by atoms with Crippen LogP contribution >= 0.6 is 11.6 Å². The number of carbonyl (C=O) groups excluding carboxylic acids is 1. The number of ether oxygens (including phenoxy) is 1. The molecule has 9 heteroatoms. The topological polar surface area (TPSA) is 92.3 Å². The molecule has 0 aliphatic carbocycles. The Morgan fingerprint density at radius 2 is 1.87 bits per heavy atom. The Bertz CT molecular complexity index is 1490. The number of fused-ring (bicyclic) bond motifs is 1. The molecule has 8 nitrogen and oxygen atoms in total. The van der Waals surface area contributed by atoms with Crippen molar-refractivity contribution >= 4 is 46.3 Å². The Morgan fingerprint density at radius 1 is 1.03 bits per heavy atom. The fourth-order valence-corrected chi connectivity index (χ4v) is 4.94. The van der Waals surface area contributed by atoms with E-state index in [0.29, 0.717) is 35.5 Å². The number of nitrogens with one attached hydrogen (secondary N) is 2. The number of nitrogens with zero attached hydrogens (tertiary/aromatic N) is 4. The molecule has 0 radical (unpaired) electrons. The second-order valence-corrected chi connectivity index (χ2v) is 9.40. The van der Waals surface area contributed by atoms with E-state index >= 15 is 0 Å². The van der Waals surface area contributed by atoms with Gasteiger partial charge in [0.2, 0.25) is 11.9 Å². The maximum absolute atomic E-state index is 12.6. The number of amides is 1. The molecule has 0 unspecified atom stereocenters. The highest BCUT2D eigenvalue weighted by molar-refractivity contribution is 6.33. The summed E-state index contributed by atoms with van der Waals surface area (Å²) in [6.07, 6.45) is 5.37. The average molecular weight is 529 g/mol. The van der Waals surface area contributed by atoms with Gasteiger partial charge in [0, 0.05) is 36.0 Å². The molecule has 38 heavy (non-hydrogen) atoms. The molecule has 1 amide bonds. The summed E-state index contributed by atoms with van der Waals surface area (Å²) < 4.78 is 5.82. The SMILES string of the molecule is CCN1C(=O)CCCc2c1ccc(Nc1ncc(Cl)c(Nc3ccccc3-c3ncccc3C)n1)c2OC. The summed E-state index contributed by atoms with van der Waals surface area (Å²) in [5, 5.41) is 7.03. The molecule has 0 fully saturated rings. The molecule has 0 bridgehead atoms. The lowest BCUT2D eigenvalue weighted by molar-refractivity contribution is -0.118. The predicted molar refractivity (Wildman–Crippen MR) is 152 cm³/mol. The molecule has 4 aromatic rings. The quantitative estimate of drug-likeness (QED) is 0.276. The van der Waals surface area contributed by atoms with Crippen LogP contribution in [0.3, 0.4) is 0 Å². The Hall–Kier alpha value is -4.17. The Balaban J connectivity index is 1.47. The molecule has 2 N–H and O–H groups in total. The van der Waals surface area contributed by atoms with Gasteiger partial charge in [0.1, 0.15) is 10.8 Å². The van der Waals surface area contributed by atoms with Crippen molar-refractivity contribution in [1.29, 1.82) is 0 Å². The minimum absolute atomic E-state index is 0.131. The molecule has 1 aliphatic rings. The fourth-order valence-electron chi connectivity index (χ4n) is 4.81. The molecule has 2 aromatic carbocycles. The molecule has 5 rings (SSSR count). The van der Waals surface area contributed by atoms with Crippen LogP contribution < -0.4 is 20.3 Å². The van der Waals surface area contributed by atoms with E-state index < -0.39 is 0 Å². The van der Waals surface area contributed by atoms with E-state index in [9.17, 15) is 4.79 Å². The molecule has 0 atom stereocenters. The monoisotopic (exact) mass is 528 g/mol. The number of hydrogen-bond acceptors (Lipinski definition) is 7. The second-order valence-electron chi connectivity index (χ2n) is 8.99. The van der Waals surface area contributed by atoms with E-state index in [2.05, 4.69) is 25.6 Å². The van der Waals surface area contributed by atoms with Crippen molar-refractivity contribution < 1.29 is 9.53 Å². The molecule has 3 heterocycles. The second kappa shape index (κ2) is 11.1. The number of methoxy groups -OCH3 is 1. The molecule has 1 aliphatic heterocycles. The number of aryl methyl sites for hydroxylation is 1. The number of rotatable bonds is 7. The Labute approximate surface area is 227 Å². The van der Waals surface area contributed by atoms with Crippen molar-refractivity contribution in [3.8, 4) is 17.0 Å². The zero-order valence-corrected chi connectivity index (χ0v) is 22.3. The smallest absolute Gasteiger partial charge is 0.229 e. The molecule has 0 saturated carbocycles. The number of halogens is 1. The third-order valence-corrected chi connectivity index (χ3v) is 6.88. The number of para-hydroxylation sites is 1. The van der Waals surface area contributed by atoms with E-state index in [1.165, 1.54) is 0 Å². The highest BCUT2D eigenvalue weighted by atomic mass is 35.5. The van der Waals surface area contributed by atoms with Crippen molar-refractivity contribution in [2.24, 2.45) is 0 Å². The van der Waals surface area contributed by atoms with Crippen LogP contribution in [0.5, 0.6) is 5.75 Å². The zero-order chi connectivity index (χ0) is 26.6. The van der Waals surface area contributed by atoms with E-state index in [1.54, 1.807) is 19.5 Å². The normalized spacial score (nSPS) is 13.1. The number of aromatic nitrogens is 3. The standard InChI is InChI=1S/C29H29ClN6O2/c1-4-36-24-15-14-23(27(38-3)20(24)11-7-13-25(36)37)34-29-32-17-21(30)28(35-29)33-22-12-6-5-10-19(22)26-18(2)9-8-16-31-26/h5-6,8-10,12,14-17H,4,7,11,13H2,1-3H3,(H2,32,33,34,35). The van der Waals surface area contributed by atoms with Crippen LogP contribution in [0.4, 0.5) is 28.8 Å². The minimum Gasteiger partial charge on any atom is -0.494 e. The van der Waals surface area contributed by atoms with E-state index in [0.717, 1.165) is 52.3 Å². The van der Waals surface area contributed by atoms with Crippen LogP contribution in [0.15, 0.2) is 60.9 Å². The van der Waals surface area contributed by atoms with Gasteiger partial charge in [-0.25, -0.2) is 4.98 Å². The fraction of sp³-hybridized carbons (Fsp3) is 0.241. The molecule has 2 aromatic heterocycles. The summed E-state index contributed by atoms with van der Waals surface area (Å²) in [5.74, 6) is 1.63. The van der Waals surface area contributed by atoms with E-state index in [-0.39, 0.29) is 5.91 Å². The largest absolute Gasteiger partial charge is 0.494 e. The van der Waals surface area contributed by atoms with E-state index in [1.807, 2.05) is 67.3 Å². The van der Waals surface area contributed by atoms with Gasteiger partial charge in [-0.3, -0.25) is 9.78 Å². The van der Waals surface area contributed by atoms with Crippen molar-refractivity contribution in [3.05, 3.63) is 77.1 Å². The number of carbonyl (C=O) groups is 1. The third kappa shape index (κ3) is 4.99. The van der Waals surface area contributed by atoms with E-state index in [4.69, 9.17) is 16.3 Å². The molecule has 194 valence electrons. The average Bonchev–Trinajstić information content (AvgIpc) is 3.09. The number of hydrogen-bond donors (Lipinski definition) is 2. The van der Waals surface area contributed by atoms with Gasteiger partial charge in [0.05, 0.1) is 30.4 Å². The molecule has 0 spiro atoms. The van der Waals surface area contributed by atoms with Gasteiger partial charge in [-0.2, -0.15) is 4.98 Å². The van der Waals surface area contributed by atoms with Gasteiger partial charge in [-0.05, 0) is 56.5 Å². The van der Waals surface area contributed by atoms with Gasteiger partial charge in [-0.15, -0.1) is 0 Å². The highest BCUT2D eigenvalue weighted by Gasteiger charge is 2.25. The summed E-state index contributed by atoms with van der Waals surface area (Å²) in [4.78, 5) is 28.0. The minimum atomic E-state index is 0.131. The van der Waals surface area contributed by atoms with Crippen molar-refractivity contribution in [1.82, 2.24) is 15.0 Å². The number of benzene rings is 2. The predicted octanol–water partition coefficient (Wildman–Crippen LogP) is 6.69. The molecular weight excluding hydrogens is 500 g/mol. The van der Waals surface area contributed by atoms with Crippen LogP contribution in [-0.4, -0.2) is 34.5 Å². The maximum atomic E-state index is 12.6. The molecular formula is C29H29ClN6O2. The molecule has 0 saturated heterocycles. The summed E-state index contributed by atoms with van der Waals surface area (Å²) in [5.41, 5.74) is 6.32. The summed E-state index contributed by atoms with van der Waals surface area (Å²) in [7, 11) is 1.63. The Morgan fingerprint density at radius 3 is 2.66 bits per heavy atom. The van der Waals surface area contributed by atoms with Crippen LogP contribution in [-0.2, 0) is 11.2 Å². The first-order chi connectivity index (χ1) is 18.5. The number of anilines is 5. The lowest BCUT2D eigenvalue weighted by Crippen LogP contribution is -2.29. The van der Waals surface area contributed by atoms with Crippen molar-refractivity contribution in [2.45, 2.75) is 33.1 Å². The highest BCUT2D eigenvalue weighted by Crippen LogP contribution is 2.40. The number of pyridine rings is 1. The van der Waals surface area contributed by atoms with Crippen molar-refractivity contribution in [2.75, 3.05) is 29.2 Å². The van der Waals surface area contributed by atoms with Gasteiger partial charge in [-0.1, -0.05) is 35.9 Å². The first-order valence-electron chi connectivity index (χ1n) is 12.6. The lowest BCUT2D eigenvalue weighted by Gasteiger charge is -2.24. The first kappa shape index (κ1) is 25.5. The summed E-state index contributed by atoms with van der Waals surface area (Å²) in [6, 6.07) is 15.7. The van der Waals surface area contributed by atoms with Crippen LogP contribution in [0.25, 0.3) is 11.3 Å².